The Bertz CT molecular complexity index is 959. The molecule has 6 heteroatoms. The van der Waals surface area contributed by atoms with Gasteiger partial charge in [0.25, 0.3) is 0 Å². The standard InChI is InChI=1S/C17H15NO4S/c1-13(19)22-18-11-17(15-9-5-6-10-16(15)18)23(20,21)12-14-7-3-2-4-8-14/h2-11H,12H2,1H3. The molecule has 0 fully saturated rings. The molecular weight excluding hydrogens is 314 g/mol. The molecule has 0 radical (unpaired) electrons. The molecule has 3 aromatic rings. The molecule has 0 aliphatic heterocycles. The lowest BCUT2D eigenvalue weighted by atomic mass is 10.2. The summed E-state index contributed by atoms with van der Waals surface area (Å²) >= 11 is 0. The third kappa shape index (κ3) is 3.12. The van der Waals surface area contributed by atoms with Gasteiger partial charge in [-0.1, -0.05) is 48.5 Å². The van der Waals surface area contributed by atoms with E-state index in [1.165, 1.54) is 17.9 Å². The summed E-state index contributed by atoms with van der Waals surface area (Å²) in [5.41, 5.74) is 1.24. The molecule has 0 aliphatic rings. The van der Waals surface area contributed by atoms with Crippen LogP contribution in [0.25, 0.3) is 10.9 Å². The fourth-order valence-electron chi connectivity index (χ4n) is 2.45. The van der Waals surface area contributed by atoms with Crippen molar-refractivity contribution in [2.75, 3.05) is 0 Å². The lowest BCUT2D eigenvalue weighted by Crippen LogP contribution is -2.15. The van der Waals surface area contributed by atoms with E-state index < -0.39 is 15.8 Å². The van der Waals surface area contributed by atoms with Gasteiger partial charge in [0.15, 0.2) is 9.84 Å². The number of sulfone groups is 1. The number of nitrogens with zero attached hydrogens (tertiary/aromatic N) is 1. The van der Waals surface area contributed by atoms with Crippen molar-refractivity contribution in [1.29, 1.82) is 0 Å². The van der Waals surface area contributed by atoms with E-state index in [9.17, 15) is 13.2 Å². The highest BCUT2D eigenvalue weighted by molar-refractivity contribution is 7.90. The van der Waals surface area contributed by atoms with Gasteiger partial charge in [0.05, 0.1) is 22.4 Å². The second-order valence-electron chi connectivity index (χ2n) is 5.16. The zero-order valence-electron chi connectivity index (χ0n) is 12.5. The lowest BCUT2D eigenvalue weighted by molar-refractivity contribution is -0.140. The second-order valence-corrected chi connectivity index (χ2v) is 7.12. The summed E-state index contributed by atoms with van der Waals surface area (Å²) in [5, 5.41) is 0.532. The molecule has 0 atom stereocenters. The van der Waals surface area contributed by atoms with Crippen LogP contribution in [0.5, 0.6) is 0 Å². The Morgan fingerprint density at radius 3 is 2.39 bits per heavy atom. The average molecular weight is 329 g/mol. The summed E-state index contributed by atoms with van der Waals surface area (Å²) in [7, 11) is -3.57. The molecule has 0 saturated heterocycles. The van der Waals surface area contributed by atoms with Crippen molar-refractivity contribution in [1.82, 2.24) is 4.73 Å². The Morgan fingerprint density at radius 2 is 1.70 bits per heavy atom. The van der Waals surface area contributed by atoms with Crippen LogP contribution in [-0.4, -0.2) is 19.1 Å². The summed E-state index contributed by atoms with van der Waals surface area (Å²) < 4.78 is 26.7. The SMILES string of the molecule is CC(=O)On1cc(S(=O)(=O)Cc2ccccc2)c2ccccc21. The first kappa shape index (κ1) is 15.3. The van der Waals surface area contributed by atoms with Gasteiger partial charge in [-0.05, 0) is 11.6 Å². The van der Waals surface area contributed by atoms with E-state index in [-0.39, 0.29) is 10.6 Å². The van der Waals surface area contributed by atoms with Crippen LogP contribution in [0.2, 0.25) is 0 Å². The number of benzene rings is 2. The molecule has 1 aromatic heterocycles. The highest BCUT2D eigenvalue weighted by atomic mass is 32.2. The second kappa shape index (κ2) is 5.89. The van der Waals surface area contributed by atoms with Crippen molar-refractivity contribution < 1.29 is 18.0 Å². The summed E-state index contributed by atoms with van der Waals surface area (Å²) in [6.45, 7) is 1.27. The van der Waals surface area contributed by atoms with E-state index >= 15 is 0 Å². The van der Waals surface area contributed by atoms with Crippen LogP contribution in [0.4, 0.5) is 0 Å². The summed E-state index contributed by atoms with van der Waals surface area (Å²) in [6.07, 6.45) is 1.35. The molecule has 0 spiro atoms. The fraction of sp³-hybridized carbons (Fsp3) is 0.118. The molecule has 0 N–H and O–H groups in total. The minimum atomic E-state index is -3.57. The molecule has 3 rings (SSSR count). The zero-order chi connectivity index (χ0) is 16.4. The van der Waals surface area contributed by atoms with Gasteiger partial charge in [-0.25, -0.2) is 13.2 Å². The molecule has 0 bridgehead atoms. The Morgan fingerprint density at radius 1 is 1.04 bits per heavy atom. The number of fused-ring (bicyclic) bond motifs is 1. The predicted octanol–water partition coefficient (Wildman–Crippen LogP) is 2.59. The number of carbonyl (C=O) groups excluding carboxylic acids is 1. The van der Waals surface area contributed by atoms with Gasteiger partial charge < -0.3 is 4.84 Å². The van der Waals surface area contributed by atoms with Gasteiger partial charge >= 0.3 is 5.97 Å². The van der Waals surface area contributed by atoms with Crippen LogP contribution in [0.15, 0.2) is 65.7 Å². The number of hydrogen-bond acceptors (Lipinski definition) is 4. The van der Waals surface area contributed by atoms with Gasteiger partial charge in [0.1, 0.15) is 0 Å². The highest BCUT2D eigenvalue weighted by Crippen LogP contribution is 2.27. The van der Waals surface area contributed by atoms with Crippen molar-refractivity contribution >= 4 is 26.7 Å². The van der Waals surface area contributed by atoms with Gasteiger partial charge in [-0.3, -0.25) is 0 Å². The first-order chi connectivity index (χ1) is 11.0. The van der Waals surface area contributed by atoms with E-state index in [1.54, 1.807) is 48.5 Å². The Balaban J connectivity index is 2.10. The van der Waals surface area contributed by atoms with Gasteiger partial charge in [0.2, 0.25) is 0 Å². The number of carbonyl (C=O) groups is 1. The molecular formula is C17H15NO4S. The van der Waals surface area contributed by atoms with Crippen molar-refractivity contribution in [3.8, 4) is 0 Å². The van der Waals surface area contributed by atoms with Gasteiger partial charge in [0, 0.05) is 12.3 Å². The number of hydrogen-bond donors (Lipinski definition) is 0. The van der Waals surface area contributed by atoms with Crippen molar-refractivity contribution in [3.05, 3.63) is 66.4 Å². The molecule has 0 aliphatic carbocycles. The topological polar surface area (TPSA) is 65.4 Å². The van der Waals surface area contributed by atoms with E-state index in [1.807, 2.05) is 6.07 Å². The Hall–Kier alpha value is -2.60. The van der Waals surface area contributed by atoms with Crippen molar-refractivity contribution in [3.63, 3.8) is 0 Å². The molecule has 1 heterocycles. The first-order valence-corrected chi connectivity index (χ1v) is 8.68. The highest BCUT2D eigenvalue weighted by Gasteiger charge is 2.22. The van der Waals surface area contributed by atoms with E-state index in [4.69, 9.17) is 4.84 Å². The van der Waals surface area contributed by atoms with E-state index in [0.717, 1.165) is 0 Å². The van der Waals surface area contributed by atoms with Crippen LogP contribution < -0.4 is 4.84 Å². The van der Waals surface area contributed by atoms with Crippen LogP contribution >= 0.6 is 0 Å². The number of aromatic nitrogens is 1. The molecule has 118 valence electrons. The smallest absolute Gasteiger partial charge is 0.329 e. The molecule has 0 amide bonds. The predicted molar refractivity (Wildman–Crippen MR) is 86.5 cm³/mol. The van der Waals surface area contributed by atoms with E-state index in [0.29, 0.717) is 16.5 Å². The van der Waals surface area contributed by atoms with Crippen LogP contribution in [0, 0.1) is 0 Å². The molecule has 23 heavy (non-hydrogen) atoms. The van der Waals surface area contributed by atoms with Crippen LogP contribution in [-0.2, 0) is 20.4 Å². The summed E-state index contributed by atoms with van der Waals surface area (Å²) in [4.78, 5) is 16.4. The van der Waals surface area contributed by atoms with Crippen LogP contribution in [0.3, 0.4) is 0 Å². The molecule has 2 aromatic carbocycles. The van der Waals surface area contributed by atoms with Gasteiger partial charge in [-0.2, -0.15) is 4.73 Å². The third-order valence-corrected chi connectivity index (χ3v) is 5.11. The third-order valence-electron chi connectivity index (χ3n) is 3.40. The maximum atomic E-state index is 12.8. The first-order valence-electron chi connectivity index (χ1n) is 7.03. The minimum Gasteiger partial charge on any atom is -0.337 e. The lowest BCUT2D eigenvalue weighted by Gasteiger charge is -2.03. The van der Waals surface area contributed by atoms with Gasteiger partial charge in [-0.15, -0.1) is 0 Å². The Kier molecular flexibility index (Phi) is 3.92. The monoisotopic (exact) mass is 329 g/mol. The molecule has 0 saturated carbocycles. The maximum absolute atomic E-state index is 12.8. The fourth-order valence-corrected chi connectivity index (χ4v) is 4.00. The van der Waals surface area contributed by atoms with Crippen molar-refractivity contribution in [2.45, 2.75) is 17.6 Å². The zero-order valence-corrected chi connectivity index (χ0v) is 13.3. The quantitative estimate of drug-likeness (QED) is 0.738. The maximum Gasteiger partial charge on any atom is 0.329 e. The Labute approximate surface area is 134 Å². The van der Waals surface area contributed by atoms with Crippen molar-refractivity contribution in [2.24, 2.45) is 0 Å². The molecule has 0 unspecified atom stereocenters. The van der Waals surface area contributed by atoms with E-state index in [2.05, 4.69) is 0 Å². The summed E-state index contributed by atoms with van der Waals surface area (Å²) in [5.74, 6) is -0.625. The van der Waals surface area contributed by atoms with Crippen LogP contribution in [0.1, 0.15) is 12.5 Å². The minimum absolute atomic E-state index is 0.109. The summed E-state index contributed by atoms with van der Waals surface area (Å²) in [6, 6.07) is 15.9. The largest absolute Gasteiger partial charge is 0.337 e. The number of para-hydroxylation sites is 1. The normalized spacial score (nSPS) is 11.5. The average Bonchev–Trinajstić information content (AvgIpc) is 2.87. The number of rotatable bonds is 4. The molecule has 5 nitrogen and oxygen atoms in total.